The summed E-state index contributed by atoms with van der Waals surface area (Å²) in [4.78, 5) is 24.5. The Balaban J connectivity index is 1.95. The third-order valence-electron chi connectivity index (χ3n) is 4.45. The first kappa shape index (κ1) is 21.9. The van der Waals surface area contributed by atoms with Gasteiger partial charge in [0, 0.05) is 11.6 Å². The molecule has 0 radical (unpaired) electrons. The van der Waals surface area contributed by atoms with Crippen LogP contribution in [-0.4, -0.2) is 32.4 Å². The normalized spacial score (nSPS) is 11.8. The Kier molecular flexibility index (Phi) is 5.31. The number of aromatic nitrogens is 3. The topological polar surface area (TPSA) is 107 Å². The molecule has 13 heteroatoms. The highest BCUT2D eigenvalue weighted by atomic mass is 19.4. The second kappa shape index (κ2) is 8.00. The highest BCUT2D eigenvalue weighted by Gasteiger charge is 2.31. The van der Waals surface area contributed by atoms with E-state index < -0.39 is 41.4 Å². The first-order valence-corrected chi connectivity index (χ1v) is 8.96. The fraction of sp³-hybridized carbons (Fsp3) is 0.100. The molecular weight excluding hydrogens is 457 g/mol. The lowest BCUT2D eigenvalue weighted by Crippen LogP contribution is -2.23. The Morgan fingerprint density at radius 3 is 2.39 bits per heavy atom. The predicted molar refractivity (Wildman–Crippen MR) is 101 cm³/mol. The molecule has 0 atom stereocenters. The lowest BCUT2D eigenvalue weighted by atomic mass is 10.0. The second-order valence-corrected chi connectivity index (χ2v) is 6.55. The minimum atomic E-state index is -4.91. The zero-order valence-electron chi connectivity index (χ0n) is 16.0. The van der Waals surface area contributed by atoms with Gasteiger partial charge in [0.2, 0.25) is 16.9 Å². The van der Waals surface area contributed by atoms with Crippen molar-refractivity contribution in [3.63, 3.8) is 0 Å². The maximum absolute atomic E-state index is 12.9. The van der Waals surface area contributed by atoms with Gasteiger partial charge in [0.1, 0.15) is 11.4 Å². The summed E-state index contributed by atoms with van der Waals surface area (Å²) in [7, 11) is 0. The summed E-state index contributed by atoms with van der Waals surface area (Å²) in [5.41, 5.74) is -1.90. The molecule has 2 aromatic carbocycles. The highest BCUT2D eigenvalue weighted by molar-refractivity contribution is 5.98. The van der Waals surface area contributed by atoms with Crippen molar-refractivity contribution >= 4 is 16.9 Å². The van der Waals surface area contributed by atoms with Crippen LogP contribution < -0.4 is 10.2 Å². The number of carbonyl (C=O) groups is 1. The van der Waals surface area contributed by atoms with Gasteiger partial charge in [-0.15, -0.1) is 13.2 Å². The van der Waals surface area contributed by atoms with E-state index in [-0.39, 0.29) is 27.8 Å². The minimum Gasteiger partial charge on any atom is -0.476 e. The number of hydrogen-bond acceptors (Lipinski definition) is 6. The van der Waals surface area contributed by atoms with Crippen molar-refractivity contribution in [2.45, 2.75) is 12.8 Å². The molecule has 0 saturated heterocycles. The molecule has 0 saturated carbocycles. The van der Waals surface area contributed by atoms with Crippen molar-refractivity contribution in [1.29, 1.82) is 0 Å². The van der Waals surface area contributed by atoms with Crippen LogP contribution in [0.25, 0.3) is 27.8 Å². The Morgan fingerprint density at radius 1 is 1.12 bits per heavy atom. The molecule has 0 aliphatic carbocycles. The quantitative estimate of drug-likeness (QED) is 0.428. The van der Waals surface area contributed by atoms with Crippen LogP contribution in [0, 0.1) is 0 Å². The average molecular weight is 467 g/mol. The number of carboxylic acid groups (broad SMARTS) is 1. The van der Waals surface area contributed by atoms with Crippen molar-refractivity contribution in [2.75, 3.05) is 0 Å². The summed E-state index contributed by atoms with van der Waals surface area (Å²) in [6.07, 6.45) is -7.88. The van der Waals surface area contributed by atoms with Crippen LogP contribution in [0.1, 0.15) is 22.7 Å². The van der Waals surface area contributed by atoms with Gasteiger partial charge in [-0.3, -0.25) is 4.79 Å². The fourth-order valence-corrected chi connectivity index (χ4v) is 3.13. The summed E-state index contributed by atoms with van der Waals surface area (Å²) in [6, 6.07) is 9.39. The minimum absolute atomic E-state index is 0.00354. The fourth-order valence-electron chi connectivity index (χ4n) is 3.13. The molecule has 0 aliphatic rings. The summed E-state index contributed by atoms with van der Waals surface area (Å²) in [5.74, 6) is -2.95. The van der Waals surface area contributed by atoms with Gasteiger partial charge < -0.3 is 14.4 Å². The molecule has 0 aliphatic heterocycles. The van der Waals surface area contributed by atoms with Gasteiger partial charge in [0.25, 0.3) is 6.43 Å². The number of fused-ring (bicyclic) bond motifs is 1. The van der Waals surface area contributed by atoms with Gasteiger partial charge in [-0.1, -0.05) is 17.3 Å². The maximum Gasteiger partial charge on any atom is 0.573 e. The molecule has 0 amide bonds. The molecule has 8 nitrogen and oxygen atoms in total. The van der Waals surface area contributed by atoms with Gasteiger partial charge in [-0.05, 0) is 30.3 Å². The first-order chi connectivity index (χ1) is 15.5. The van der Waals surface area contributed by atoms with E-state index in [1.165, 1.54) is 30.3 Å². The highest BCUT2D eigenvalue weighted by Crippen LogP contribution is 2.30. The maximum atomic E-state index is 12.9. The summed E-state index contributed by atoms with van der Waals surface area (Å²) in [5, 5.41) is 16.6. The number of hydrogen-bond donors (Lipinski definition) is 1. The zero-order valence-corrected chi connectivity index (χ0v) is 16.0. The zero-order chi connectivity index (χ0) is 23.9. The molecule has 0 spiro atoms. The predicted octanol–water partition coefficient (Wildman–Crippen LogP) is 4.58. The number of rotatable bonds is 5. The van der Waals surface area contributed by atoms with Crippen LogP contribution in [0.5, 0.6) is 5.75 Å². The van der Waals surface area contributed by atoms with E-state index in [0.717, 1.165) is 22.9 Å². The first-order valence-electron chi connectivity index (χ1n) is 8.96. The number of benzene rings is 2. The Labute approximate surface area is 179 Å². The Hall–Kier alpha value is -4.29. The number of halogens is 5. The van der Waals surface area contributed by atoms with Crippen molar-refractivity contribution in [3.05, 3.63) is 70.2 Å². The number of nitrogens with zero attached hydrogens (tertiary/aromatic N) is 3. The average Bonchev–Trinajstić information content (AvgIpc) is 3.23. The molecule has 2 aromatic heterocycles. The molecule has 0 unspecified atom stereocenters. The number of ether oxygens (including phenoxy) is 1. The van der Waals surface area contributed by atoms with E-state index in [1.807, 2.05) is 0 Å². The van der Waals surface area contributed by atoms with Crippen LogP contribution >= 0.6 is 0 Å². The third-order valence-corrected chi connectivity index (χ3v) is 4.45. The van der Waals surface area contributed by atoms with E-state index in [0.29, 0.717) is 0 Å². The molecule has 1 N–H and O–H groups in total. The van der Waals surface area contributed by atoms with Gasteiger partial charge in [-0.2, -0.15) is 5.10 Å². The lowest BCUT2D eigenvalue weighted by molar-refractivity contribution is -0.274. The molecule has 33 heavy (non-hydrogen) atoms. The third kappa shape index (κ3) is 4.24. The number of aromatic carboxylic acids is 1. The number of alkyl halides is 5. The van der Waals surface area contributed by atoms with Crippen molar-refractivity contribution in [2.24, 2.45) is 0 Å². The molecule has 0 fully saturated rings. The SMILES string of the molecule is O=C(O)c1nn(-c2ccc(OC(F)(F)F)cc2)c2cccc(-c3cc(C(F)F)on3)c2c1=O. The van der Waals surface area contributed by atoms with Crippen LogP contribution in [-0.2, 0) is 0 Å². The van der Waals surface area contributed by atoms with Crippen molar-refractivity contribution in [1.82, 2.24) is 14.9 Å². The van der Waals surface area contributed by atoms with Gasteiger partial charge in [0.05, 0.1) is 16.6 Å². The molecule has 4 aromatic rings. The van der Waals surface area contributed by atoms with E-state index in [4.69, 9.17) is 0 Å². The molecule has 2 heterocycles. The van der Waals surface area contributed by atoms with Gasteiger partial charge in [-0.25, -0.2) is 18.3 Å². The molecule has 4 rings (SSSR count). The summed E-state index contributed by atoms with van der Waals surface area (Å²) >= 11 is 0. The van der Waals surface area contributed by atoms with Crippen molar-refractivity contribution in [3.8, 4) is 22.7 Å². The van der Waals surface area contributed by atoms with Crippen LogP contribution in [0.2, 0.25) is 0 Å². The Morgan fingerprint density at radius 2 is 1.82 bits per heavy atom. The molecule has 170 valence electrons. The Bertz CT molecular complexity index is 1410. The van der Waals surface area contributed by atoms with E-state index in [1.54, 1.807) is 0 Å². The van der Waals surface area contributed by atoms with Gasteiger partial charge >= 0.3 is 12.3 Å². The number of carboxylic acids is 1. The van der Waals surface area contributed by atoms with E-state index in [9.17, 15) is 36.6 Å². The van der Waals surface area contributed by atoms with E-state index in [2.05, 4.69) is 19.5 Å². The second-order valence-electron chi connectivity index (χ2n) is 6.55. The van der Waals surface area contributed by atoms with Crippen LogP contribution in [0.4, 0.5) is 22.0 Å². The van der Waals surface area contributed by atoms with E-state index >= 15 is 0 Å². The summed E-state index contributed by atoms with van der Waals surface area (Å²) < 4.78 is 72.5. The lowest BCUT2D eigenvalue weighted by Gasteiger charge is -2.14. The molecular formula is C20H10F5N3O5. The largest absolute Gasteiger partial charge is 0.573 e. The van der Waals surface area contributed by atoms with Crippen LogP contribution in [0.15, 0.2) is 57.8 Å². The smallest absolute Gasteiger partial charge is 0.476 e. The van der Waals surface area contributed by atoms with Crippen molar-refractivity contribution < 1.29 is 41.1 Å². The monoisotopic (exact) mass is 467 g/mol. The van der Waals surface area contributed by atoms with Gasteiger partial charge in [0.15, 0.2) is 0 Å². The molecule has 0 bridgehead atoms. The standard InChI is InChI=1S/C20H10F5N3O5/c21-18(22)14-8-12(27-33-14)11-2-1-3-13-15(11)17(29)16(19(30)31)26-28(13)9-4-6-10(7-5-9)32-20(23,24)25/h1-8,18H,(H,30,31). The van der Waals surface area contributed by atoms with Crippen LogP contribution in [0.3, 0.4) is 0 Å². The summed E-state index contributed by atoms with van der Waals surface area (Å²) in [6.45, 7) is 0.